The molecule has 1 aliphatic carbocycles. The number of para-hydroxylation sites is 2. The minimum absolute atomic E-state index is 0.0742. The van der Waals surface area contributed by atoms with Gasteiger partial charge in [0, 0.05) is 12.5 Å². The average molecular weight is 269 g/mol. The van der Waals surface area contributed by atoms with E-state index in [0.29, 0.717) is 5.95 Å². The lowest BCUT2D eigenvalue weighted by molar-refractivity contribution is -0.120. The first-order valence-corrected chi connectivity index (χ1v) is 7.20. The molecule has 0 spiro atoms. The smallest absolute Gasteiger partial charge is 0.230 e. The summed E-state index contributed by atoms with van der Waals surface area (Å²) in [5.74, 6) is 0.817. The van der Waals surface area contributed by atoms with Crippen molar-refractivity contribution in [3.8, 4) is 0 Å². The van der Waals surface area contributed by atoms with Crippen LogP contribution in [-0.4, -0.2) is 15.5 Å². The number of amides is 1. The van der Waals surface area contributed by atoms with Gasteiger partial charge in [-0.3, -0.25) is 10.1 Å². The molecule has 1 aromatic carbocycles. The van der Waals surface area contributed by atoms with Gasteiger partial charge in [-0.05, 0) is 38.3 Å². The largest absolute Gasteiger partial charge is 0.310 e. The Balaban J connectivity index is 1.86. The van der Waals surface area contributed by atoms with Crippen LogP contribution in [-0.2, 0) is 11.3 Å². The van der Waals surface area contributed by atoms with Crippen LogP contribution in [0.5, 0.6) is 0 Å². The molecule has 1 unspecified atom stereocenters. The zero-order chi connectivity index (χ0) is 13.9. The maximum atomic E-state index is 12.3. The molecule has 1 amide bonds. The van der Waals surface area contributed by atoms with E-state index in [1.807, 2.05) is 28.8 Å². The molecule has 104 valence electrons. The summed E-state index contributed by atoms with van der Waals surface area (Å²) < 4.78 is 2.05. The maximum absolute atomic E-state index is 12.3. The fourth-order valence-electron chi connectivity index (χ4n) is 2.74. The molecule has 4 heteroatoms. The molecule has 0 aliphatic heterocycles. The van der Waals surface area contributed by atoms with Crippen LogP contribution in [0.2, 0.25) is 0 Å². The summed E-state index contributed by atoms with van der Waals surface area (Å²) >= 11 is 0. The second-order valence-corrected chi connectivity index (χ2v) is 5.14. The number of aromatic nitrogens is 2. The monoisotopic (exact) mass is 269 g/mol. The van der Waals surface area contributed by atoms with Gasteiger partial charge < -0.3 is 4.57 Å². The third-order valence-corrected chi connectivity index (χ3v) is 3.85. The average Bonchev–Trinajstić information content (AvgIpc) is 2.85. The van der Waals surface area contributed by atoms with Gasteiger partial charge in [-0.2, -0.15) is 0 Å². The summed E-state index contributed by atoms with van der Waals surface area (Å²) in [7, 11) is 0. The van der Waals surface area contributed by atoms with Crippen LogP contribution < -0.4 is 5.32 Å². The van der Waals surface area contributed by atoms with E-state index in [4.69, 9.17) is 0 Å². The van der Waals surface area contributed by atoms with Gasteiger partial charge in [0.05, 0.1) is 11.0 Å². The summed E-state index contributed by atoms with van der Waals surface area (Å²) in [6.45, 7) is 2.85. The maximum Gasteiger partial charge on any atom is 0.230 e. The van der Waals surface area contributed by atoms with Crippen molar-refractivity contribution >= 4 is 22.9 Å². The standard InChI is InChI=1S/C16H19N3O/c1-2-19-14-11-7-6-10-13(14)17-16(19)18-15(20)12-8-4-3-5-9-12/h3-4,6-7,10-12H,2,5,8-9H2,1H3,(H,17,18,20). The second-order valence-electron chi connectivity index (χ2n) is 5.14. The minimum Gasteiger partial charge on any atom is -0.310 e. The zero-order valence-corrected chi connectivity index (χ0v) is 11.7. The fraction of sp³-hybridized carbons (Fsp3) is 0.375. The minimum atomic E-state index is 0.0742. The van der Waals surface area contributed by atoms with Crippen molar-refractivity contribution in [1.29, 1.82) is 0 Å². The van der Waals surface area contributed by atoms with E-state index >= 15 is 0 Å². The topological polar surface area (TPSA) is 46.9 Å². The van der Waals surface area contributed by atoms with Gasteiger partial charge in [0.25, 0.3) is 0 Å². The molecule has 1 atom stereocenters. The molecule has 1 aliphatic rings. The molecule has 0 saturated carbocycles. The van der Waals surface area contributed by atoms with E-state index in [1.54, 1.807) is 0 Å². The van der Waals surface area contributed by atoms with Crippen molar-refractivity contribution in [2.45, 2.75) is 32.7 Å². The Kier molecular flexibility index (Phi) is 3.54. The highest BCUT2D eigenvalue weighted by molar-refractivity contribution is 5.93. The van der Waals surface area contributed by atoms with Gasteiger partial charge in [0.15, 0.2) is 0 Å². The lowest BCUT2D eigenvalue weighted by Gasteiger charge is -2.17. The normalized spacial score (nSPS) is 18.4. The number of fused-ring (bicyclic) bond motifs is 1. The lowest BCUT2D eigenvalue weighted by atomic mass is 9.94. The third kappa shape index (κ3) is 2.33. The number of rotatable bonds is 3. The van der Waals surface area contributed by atoms with Crippen molar-refractivity contribution < 1.29 is 4.79 Å². The molecule has 1 N–H and O–H groups in total. The molecule has 1 aromatic heterocycles. The Morgan fingerprint density at radius 3 is 3.00 bits per heavy atom. The van der Waals surface area contributed by atoms with Gasteiger partial charge in [-0.1, -0.05) is 24.3 Å². The highest BCUT2D eigenvalue weighted by atomic mass is 16.2. The summed E-state index contributed by atoms with van der Waals surface area (Å²) in [4.78, 5) is 16.8. The van der Waals surface area contributed by atoms with Gasteiger partial charge in [-0.15, -0.1) is 0 Å². The number of carbonyl (C=O) groups excluding carboxylic acids is 1. The van der Waals surface area contributed by atoms with Crippen molar-refractivity contribution in [2.75, 3.05) is 5.32 Å². The van der Waals surface area contributed by atoms with Crippen molar-refractivity contribution in [2.24, 2.45) is 5.92 Å². The molecule has 1 heterocycles. The molecule has 20 heavy (non-hydrogen) atoms. The van der Waals surface area contributed by atoms with E-state index in [1.165, 1.54) is 0 Å². The zero-order valence-electron chi connectivity index (χ0n) is 11.7. The Labute approximate surface area is 118 Å². The lowest BCUT2D eigenvalue weighted by Crippen LogP contribution is -2.25. The number of imidazole rings is 1. The number of allylic oxidation sites excluding steroid dienone is 2. The predicted molar refractivity (Wildman–Crippen MR) is 80.5 cm³/mol. The van der Waals surface area contributed by atoms with Crippen LogP contribution in [0.3, 0.4) is 0 Å². The van der Waals surface area contributed by atoms with Crippen molar-refractivity contribution in [3.63, 3.8) is 0 Å². The highest BCUT2D eigenvalue weighted by Gasteiger charge is 2.20. The molecule has 2 aromatic rings. The predicted octanol–water partition coefficient (Wildman–Crippen LogP) is 3.35. The van der Waals surface area contributed by atoms with Crippen LogP contribution in [0.4, 0.5) is 5.95 Å². The Bertz CT molecular complexity index is 657. The number of nitrogens with zero attached hydrogens (tertiary/aromatic N) is 2. The third-order valence-electron chi connectivity index (χ3n) is 3.85. The number of anilines is 1. The van der Waals surface area contributed by atoms with E-state index in [-0.39, 0.29) is 11.8 Å². The summed E-state index contributed by atoms with van der Waals surface area (Å²) in [6, 6.07) is 7.96. The number of benzene rings is 1. The first-order chi connectivity index (χ1) is 9.79. The van der Waals surface area contributed by atoms with Crippen molar-refractivity contribution in [1.82, 2.24) is 9.55 Å². The van der Waals surface area contributed by atoms with Crippen LogP contribution >= 0.6 is 0 Å². The number of carbonyl (C=O) groups is 1. The number of nitrogens with one attached hydrogen (secondary N) is 1. The Morgan fingerprint density at radius 2 is 2.25 bits per heavy atom. The summed E-state index contributed by atoms with van der Waals surface area (Å²) in [6.07, 6.45) is 6.98. The van der Waals surface area contributed by atoms with Crippen LogP contribution in [0.15, 0.2) is 36.4 Å². The van der Waals surface area contributed by atoms with Gasteiger partial charge >= 0.3 is 0 Å². The quantitative estimate of drug-likeness (QED) is 0.869. The molecular weight excluding hydrogens is 250 g/mol. The SMILES string of the molecule is CCn1c(NC(=O)C2CC=CCC2)nc2ccccc21. The molecule has 0 saturated heterocycles. The van der Waals surface area contributed by atoms with Crippen LogP contribution in [0.1, 0.15) is 26.2 Å². The highest BCUT2D eigenvalue weighted by Crippen LogP contribution is 2.23. The van der Waals surface area contributed by atoms with Gasteiger partial charge in [-0.25, -0.2) is 4.98 Å². The Morgan fingerprint density at radius 1 is 1.40 bits per heavy atom. The van der Waals surface area contributed by atoms with Gasteiger partial charge in [0.2, 0.25) is 11.9 Å². The molecular formula is C16H19N3O. The molecule has 0 fully saturated rings. The summed E-state index contributed by atoms with van der Waals surface area (Å²) in [5.41, 5.74) is 1.99. The first-order valence-electron chi connectivity index (χ1n) is 7.20. The molecule has 0 radical (unpaired) electrons. The van der Waals surface area contributed by atoms with E-state index < -0.39 is 0 Å². The number of hydrogen-bond acceptors (Lipinski definition) is 2. The fourth-order valence-corrected chi connectivity index (χ4v) is 2.74. The number of hydrogen-bond donors (Lipinski definition) is 1. The molecule has 0 bridgehead atoms. The molecule has 3 rings (SSSR count). The second kappa shape index (κ2) is 5.49. The Hall–Kier alpha value is -2.10. The number of aryl methyl sites for hydroxylation is 1. The van der Waals surface area contributed by atoms with E-state index in [2.05, 4.69) is 29.4 Å². The molecule has 4 nitrogen and oxygen atoms in total. The van der Waals surface area contributed by atoms with Crippen LogP contribution in [0.25, 0.3) is 11.0 Å². The van der Waals surface area contributed by atoms with Gasteiger partial charge in [0.1, 0.15) is 0 Å². The summed E-state index contributed by atoms with van der Waals surface area (Å²) in [5, 5.41) is 3.00. The van der Waals surface area contributed by atoms with Crippen LogP contribution in [0, 0.1) is 5.92 Å². The first kappa shape index (κ1) is 12.9. The van der Waals surface area contributed by atoms with E-state index in [0.717, 1.165) is 36.8 Å². The van der Waals surface area contributed by atoms with Crippen molar-refractivity contribution in [3.05, 3.63) is 36.4 Å². The van der Waals surface area contributed by atoms with E-state index in [9.17, 15) is 4.79 Å².